The normalized spacial score (nSPS) is 9.67. The first-order valence-electron chi connectivity index (χ1n) is 4.86. The second kappa shape index (κ2) is 8.30. The molecule has 1 aromatic rings. The maximum absolute atomic E-state index is 11.3. The zero-order chi connectivity index (χ0) is 12.8. The minimum atomic E-state index is -0.372. The number of carbonyl (C=O) groups excluding carboxylic acids is 2. The number of nitrogens with two attached hydrogens (primary N) is 1. The van der Waals surface area contributed by atoms with Crippen molar-refractivity contribution in [2.24, 2.45) is 5.73 Å². The molecule has 4 N–H and O–H groups in total. The Morgan fingerprint density at radius 1 is 1.50 bits per heavy atom. The molecule has 0 aliphatic carbocycles. The summed E-state index contributed by atoms with van der Waals surface area (Å²) in [6.45, 7) is 2.07. The first kappa shape index (κ1) is 17.2. The van der Waals surface area contributed by atoms with Crippen LogP contribution in [0.2, 0.25) is 0 Å². The maximum Gasteiger partial charge on any atom is 0.240 e. The predicted octanol–water partition coefficient (Wildman–Crippen LogP) is 0.609. The molecule has 1 rings (SSSR count). The number of hydrogen-bond acceptors (Lipinski definition) is 6. The lowest BCUT2D eigenvalue weighted by Gasteiger charge is -1.98. The van der Waals surface area contributed by atoms with Crippen LogP contribution in [0.15, 0.2) is 4.21 Å². The van der Waals surface area contributed by atoms with E-state index in [0.29, 0.717) is 5.13 Å². The van der Waals surface area contributed by atoms with Crippen LogP contribution in [0.5, 0.6) is 0 Å². The molecule has 0 spiro atoms. The number of hydrogen-bond donors (Lipinski definition) is 3. The second-order valence-electron chi connectivity index (χ2n) is 3.23. The molecule has 0 saturated heterocycles. The van der Waals surface area contributed by atoms with E-state index in [4.69, 9.17) is 5.73 Å². The lowest BCUT2D eigenvalue weighted by molar-refractivity contribution is -0.116. The minimum Gasteiger partial charge on any atom is -0.369 e. The van der Waals surface area contributed by atoms with Crippen molar-refractivity contribution in [3.8, 4) is 0 Å². The fourth-order valence-electron chi connectivity index (χ4n) is 1.03. The van der Waals surface area contributed by atoms with Gasteiger partial charge >= 0.3 is 0 Å². The zero-order valence-electron chi connectivity index (χ0n) is 9.98. The molecular formula is C9H15ClN4O2S2. The Morgan fingerprint density at radius 2 is 2.17 bits per heavy atom. The number of aromatic nitrogens is 1. The molecule has 0 saturated carbocycles. The van der Waals surface area contributed by atoms with E-state index in [1.54, 1.807) is 7.05 Å². The molecule has 9 heteroatoms. The van der Waals surface area contributed by atoms with Crippen LogP contribution in [0.3, 0.4) is 0 Å². The first-order chi connectivity index (χ1) is 8.02. The number of halogens is 1. The first-order valence-corrected chi connectivity index (χ1v) is 6.66. The Morgan fingerprint density at radius 3 is 2.72 bits per heavy atom. The molecule has 0 atom stereocenters. The van der Waals surface area contributed by atoms with Crippen molar-refractivity contribution in [1.29, 1.82) is 0 Å². The summed E-state index contributed by atoms with van der Waals surface area (Å²) < 4.78 is 0.892. The summed E-state index contributed by atoms with van der Waals surface area (Å²) in [6.07, 6.45) is 0. The number of rotatable bonds is 6. The van der Waals surface area contributed by atoms with E-state index in [1.807, 2.05) is 6.92 Å². The number of thiazole rings is 1. The van der Waals surface area contributed by atoms with Gasteiger partial charge in [0.2, 0.25) is 11.8 Å². The van der Waals surface area contributed by atoms with E-state index in [0.717, 1.165) is 9.90 Å². The molecule has 1 aromatic heterocycles. The number of nitrogens with one attached hydrogen (secondary N) is 2. The standard InChI is InChI=1S/C9H14N4O2S2.ClH/c1-5-8(16-4-6(10)14)17-9(12-5)13-7(15)3-11-2;/h11H,3-4H2,1-2H3,(H2,10,14)(H,12,13,15);1H. The SMILES string of the molecule is CNCC(=O)Nc1nc(C)c(SCC(N)=O)s1.Cl. The lowest BCUT2D eigenvalue weighted by Crippen LogP contribution is -2.24. The third kappa shape index (κ3) is 5.67. The molecule has 18 heavy (non-hydrogen) atoms. The van der Waals surface area contributed by atoms with Crippen molar-refractivity contribution in [3.63, 3.8) is 0 Å². The molecule has 1 heterocycles. The van der Waals surface area contributed by atoms with E-state index < -0.39 is 0 Å². The molecule has 0 bridgehead atoms. The average Bonchev–Trinajstić information content (AvgIpc) is 2.56. The van der Waals surface area contributed by atoms with Crippen molar-refractivity contribution < 1.29 is 9.59 Å². The lowest BCUT2D eigenvalue weighted by atomic mass is 10.6. The number of amides is 2. The van der Waals surface area contributed by atoms with Crippen LogP contribution in [0.1, 0.15) is 5.69 Å². The molecule has 102 valence electrons. The molecule has 0 radical (unpaired) electrons. The van der Waals surface area contributed by atoms with E-state index >= 15 is 0 Å². The van der Waals surface area contributed by atoms with Gasteiger partial charge in [0.1, 0.15) is 0 Å². The number of thioether (sulfide) groups is 1. The summed E-state index contributed by atoms with van der Waals surface area (Å²) in [4.78, 5) is 26.2. The number of aryl methyl sites for hydroxylation is 1. The van der Waals surface area contributed by atoms with Gasteiger partial charge in [-0.25, -0.2) is 4.98 Å². The van der Waals surface area contributed by atoms with Gasteiger partial charge in [-0.15, -0.1) is 24.2 Å². The molecule has 0 aliphatic rings. The van der Waals surface area contributed by atoms with Crippen molar-refractivity contribution in [2.45, 2.75) is 11.1 Å². The summed E-state index contributed by atoms with van der Waals surface area (Å²) in [6, 6.07) is 0. The number of carbonyl (C=O) groups is 2. The number of primary amides is 1. The van der Waals surface area contributed by atoms with E-state index in [-0.39, 0.29) is 36.5 Å². The van der Waals surface area contributed by atoms with Crippen LogP contribution < -0.4 is 16.4 Å². The van der Waals surface area contributed by atoms with Crippen molar-refractivity contribution in [1.82, 2.24) is 10.3 Å². The molecular weight excluding hydrogens is 296 g/mol. The van der Waals surface area contributed by atoms with Crippen LogP contribution in [-0.4, -0.2) is 36.1 Å². The average molecular weight is 311 g/mol. The Balaban J connectivity index is 0.00000289. The van der Waals surface area contributed by atoms with Gasteiger partial charge in [0.25, 0.3) is 0 Å². The van der Waals surface area contributed by atoms with Gasteiger partial charge < -0.3 is 16.4 Å². The Kier molecular flexibility index (Phi) is 7.92. The highest BCUT2D eigenvalue weighted by molar-refractivity contribution is 8.01. The number of nitrogens with zero attached hydrogens (tertiary/aromatic N) is 1. The van der Waals surface area contributed by atoms with Gasteiger partial charge in [0, 0.05) is 0 Å². The largest absolute Gasteiger partial charge is 0.369 e. The van der Waals surface area contributed by atoms with Gasteiger partial charge in [-0.3, -0.25) is 9.59 Å². The summed E-state index contributed by atoms with van der Waals surface area (Å²) >= 11 is 2.67. The van der Waals surface area contributed by atoms with Crippen LogP contribution in [0, 0.1) is 6.92 Å². The quantitative estimate of drug-likeness (QED) is 0.669. The maximum atomic E-state index is 11.3. The highest BCUT2D eigenvalue weighted by Crippen LogP contribution is 2.31. The second-order valence-corrected chi connectivity index (χ2v) is 5.47. The fraction of sp³-hybridized carbons (Fsp3) is 0.444. The van der Waals surface area contributed by atoms with Gasteiger partial charge in [-0.1, -0.05) is 11.3 Å². The van der Waals surface area contributed by atoms with Crippen LogP contribution in [-0.2, 0) is 9.59 Å². The molecule has 0 aliphatic heterocycles. The Hall–Kier alpha value is -0.830. The zero-order valence-corrected chi connectivity index (χ0v) is 12.4. The van der Waals surface area contributed by atoms with E-state index in [1.165, 1.54) is 23.1 Å². The Bertz CT molecular complexity index is 425. The highest BCUT2D eigenvalue weighted by Gasteiger charge is 2.11. The van der Waals surface area contributed by atoms with Gasteiger partial charge in [-0.05, 0) is 14.0 Å². The summed E-state index contributed by atoms with van der Waals surface area (Å²) in [5.74, 6) is -0.302. The topological polar surface area (TPSA) is 97.1 Å². The van der Waals surface area contributed by atoms with Crippen molar-refractivity contribution in [2.75, 3.05) is 24.7 Å². The van der Waals surface area contributed by atoms with Crippen molar-refractivity contribution >= 4 is 52.5 Å². The molecule has 0 unspecified atom stereocenters. The molecule has 6 nitrogen and oxygen atoms in total. The number of anilines is 1. The summed E-state index contributed by atoms with van der Waals surface area (Å²) in [5, 5.41) is 5.95. The van der Waals surface area contributed by atoms with Crippen LogP contribution >= 0.6 is 35.5 Å². The summed E-state index contributed by atoms with van der Waals surface area (Å²) in [7, 11) is 1.70. The Labute approximate surface area is 120 Å². The smallest absolute Gasteiger partial charge is 0.240 e. The molecule has 0 aromatic carbocycles. The van der Waals surface area contributed by atoms with Gasteiger partial charge in [-0.2, -0.15) is 0 Å². The van der Waals surface area contributed by atoms with Gasteiger partial charge in [0.15, 0.2) is 5.13 Å². The third-order valence-electron chi connectivity index (χ3n) is 1.68. The van der Waals surface area contributed by atoms with Crippen molar-refractivity contribution in [3.05, 3.63) is 5.69 Å². The third-order valence-corrected chi connectivity index (χ3v) is 4.14. The fourth-order valence-corrected chi connectivity index (χ4v) is 2.92. The highest BCUT2D eigenvalue weighted by atomic mass is 35.5. The molecule has 2 amide bonds. The van der Waals surface area contributed by atoms with Crippen LogP contribution in [0.25, 0.3) is 0 Å². The number of likely N-dealkylation sites (N-methyl/N-ethyl adjacent to an activating group) is 1. The van der Waals surface area contributed by atoms with E-state index in [9.17, 15) is 9.59 Å². The monoisotopic (exact) mass is 310 g/mol. The van der Waals surface area contributed by atoms with Gasteiger partial charge in [0.05, 0.1) is 22.2 Å². The predicted molar refractivity (Wildman–Crippen MR) is 76.6 cm³/mol. The summed E-state index contributed by atoms with van der Waals surface area (Å²) in [5.41, 5.74) is 5.86. The minimum absolute atomic E-state index is 0. The van der Waals surface area contributed by atoms with Crippen LogP contribution in [0.4, 0.5) is 5.13 Å². The molecule has 0 fully saturated rings. The van der Waals surface area contributed by atoms with E-state index in [2.05, 4.69) is 15.6 Å².